The maximum Gasteiger partial charge on any atom is 0.120 e. The lowest BCUT2D eigenvalue weighted by atomic mass is 10.2. The molecule has 78 valence electrons. The minimum Gasteiger partial charge on any atom is -0.385 e. The molecule has 0 fully saturated rings. The second-order valence-electron chi connectivity index (χ2n) is 3.44. The molecule has 0 radical (unpaired) electrons. The van der Waals surface area contributed by atoms with Gasteiger partial charge < -0.3 is 15.2 Å². The molecule has 3 N–H and O–H groups in total. The van der Waals surface area contributed by atoms with E-state index in [1.807, 2.05) is 0 Å². The lowest BCUT2D eigenvalue weighted by Crippen LogP contribution is -2.28. The highest BCUT2D eigenvalue weighted by atomic mass is 16.5. The van der Waals surface area contributed by atoms with Crippen molar-refractivity contribution < 1.29 is 9.47 Å². The van der Waals surface area contributed by atoms with Crippen LogP contribution in [0.25, 0.3) is 0 Å². The van der Waals surface area contributed by atoms with Crippen LogP contribution in [-0.4, -0.2) is 31.8 Å². The molecule has 0 amide bonds. The van der Waals surface area contributed by atoms with E-state index in [1.54, 1.807) is 6.92 Å². The van der Waals surface area contributed by atoms with Gasteiger partial charge in [0.25, 0.3) is 0 Å². The Morgan fingerprint density at radius 3 is 2.38 bits per heavy atom. The fourth-order valence-corrected chi connectivity index (χ4v) is 0.693. The highest BCUT2D eigenvalue weighted by molar-refractivity contribution is 5.81. The van der Waals surface area contributed by atoms with Gasteiger partial charge in [-0.2, -0.15) is 0 Å². The van der Waals surface area contributed by atoms with Crippen LogP contribution >= 0.6 is 0 Å². The Labute approximate surface area is 79.9 Å². The number of amidine groups is 1. The van der Waals surface area contributed by atoms with Gasteiger partial charge in [-0.25, -0.2) is 0 Å². The number of hydrogen-bond acceptors (Lipinski definition) is 3. The summed E-state index contributed by atoms with van der Waals surface area (Å²) in [4.78, 5) is 0. The van der Waals surface area contributed by atoms with Crippen molar-refractivity contribution in [1.82, 2.24) is 0 Å². The van der Waals surface area contributed by atoms with Crippen LogP contribution in [0, 0.1) is 11.3 Å². The van der Waals surface area contributed by atoms with Gasteiger partial charge in [0.1, 0.15) is 11.9 Å². The number of nitrogens with two attached hydrogens (primary N) is 1. The Bertz CT molecular complexity index is 149. The molecule has 4 nitrogen and oxygen atoms in total. The van der Waals surface area contributed by atoms with Crippen LogP contribution in [0.3, 0.4) is 0 Å². The molecule has 0 aromatic rings. The topological polar surface area (TPSA) is 68.3 Å². The minimum atomic E-state index is -0.303. The summed E-state index contributed by atoms with van der Waals surface area (Å²) in [7, 11) is 0. The SMILES string of the molecule is CC(C)COCCOC(C)C(=N)N. The molecule has 0 saturated carbocycles. The van der Waals surface area contributed by atoms with E-state index in [0.29, 0.717) is 19.1 Å². The van der Waals surface area contributed by atoms with Crippen molar-refractivity contribution in [2.75, 3.05) is 19.8 Å². The lowest BCUT2D eigenvalue weighted by molar-refractivity contribution is 0.0267. The first-order valence-corrected chi connectivity index (χ1v) is 4.57. The first kappa shape index (κ1) is 12.4. The average molecular weight is 188 g/mol. The standard InChI is InChI=1S/C9H20N2O2/c1-7(2)6-12-4-5-13-8(3)9(10)11/h7-8H,4-6H2,1-3H3,(H3,10,11). The molecule has 0 spiro atoms. The van der Waals surface area contributed by atoms with E-state index in [2.05, 4.69) is 13.8 Å². The zero-order chi connectivity index (χ0) is 10.3. The second-order valence-corrected chi connectivity index (χ2v) is 3.44. The Hall–Kier alpha value is -0.610. The first-order chi connectivity index (χ1) is 6.04. The molecule has 1 atom stereocenters. The van der Waals surface area contributed by atoms with E-state index < -0.39 is 0 Å². The number of nitrogens with one attached hydrogen (secondary N) is 1. The molecule has 0 aliphatic rings. The zero-order valence-electron chi connectivity index (χ0n) is 8.67. The Morgan fingerprint density at radius 2 is 1.92 bits per heavy atom. The molecule has 0 aliphatic carbocycles. The molecule has 0 rings (SSSR count). The Morgan fingerprint density at radius 1 is 1.31 bits per heavy atom. The summed E-state index contributed by atoms with van der Waals surface area (Å²) in [6.07, 6.45) is -0.303. The maximum absolute atomic E-state index is 7.06. The molecule has 4 heteroatoms. The van der Waals surface area contributed by atoms with Gasteiger partial charge in [-0.15, -0.1) is 0 Å². The van der Waals surface area contributed by atoms with Crippen LogP contribution < -0.4 is 5.73 Å². The molecular formula is C9H20N2O2. The largest absolute Gasteiger partial charge is 0.385 e. The van der Waals surface area contributed by atoms with Gasteiger partial charge in [-0.1, -0.05) is 13.8 Å². The zero-order valence-corrected chi connectivity index (χ0v) is 8.67. The third kappa shape index (κ3) is 7.74. The number of rotatable bonds is 7. The number of hydrogen-bond donors (Lipinski definition) is 2. The Balaban J connectivity index is 3.21. The predicted octanol–water partition coefficient (Wildman–Crippen LogP) is 1.00. The summed E-state index contributed by atoms with van der Waals surface area (Å²) in [6.45, 7) is 7.75. The van der Waals surface area contributed by atoms with Crippen molar-refractivity contribution in [1.29, 1.82) is 5.41 Å². The van der Waals surface area contributed by atoms with Crippen LogP contribution in [0.4, 0.5) is 0 Å². The van der Waals surface area contributed by atoms with Gasteiger partial charge in [0.2, 0.25) is 0 Å². The van der Waals surface area contributed by atoms with Crippen LogP contribution in [-0.2, 0) is 9.47 Å². The summed E-state index contributed by atoms with van der Waals surface area (Å²) in [6, 6.07) is 0. The predicted molar refractivity (Wildman–Crippen MR) is 53.0 cm³/mol. The summed E-state index contributed by atoms with van der Waals surface area (Å²) in [5.41, 5.74) is 5.22. The van der Waals surface area contributed by atoms with Gasteiger partial charge >= 0.3 is 0 Å². The fourth-order valence-electron chi connectivity index (χ4n) is 0.693. The van der Waals surface area contributed by atoms with Crippen molar-refractivity contribution in [3.63, 3.8) is 0 Å². The minimum absolute atomic E-state index is 0.0591. The van der Waals surface area contributed by atoms with Gasteiger partial charge in [0, 0.05) is 6.61 Å². The molecule has 0 aromatic heterocycles. The molecule has 13 heavy (non-hydrogen) atoms. The molecule has 1 unspecified atom stereocenters. The van der Waals surface area contributed by atoms with Crippen molar-refractivity contribution in [2.24, 2.45) is 11.7 Å². The van der Waals surface area contributed by atoms with E-state index in [9.17, 15) is 0 Å². The van der Waals surface area contributed by atoms with Crippen LogP contribution in [0.5, 0.6) is 0 Å². The summed E-state index contributed by atoms with van der Waals surface area (Å²) >= 11 is 0. The smallest absolute Gasteiger partial charge is 0.120 e. The third-order valence-electron chi connectivity index (χ3n) is 1.48. The van der Waals surface area contributed by atoms with Gasteiger partial charge in [0.05, 0.1) is 13.2 Å². The van der Waals surface area contributed by atoms with E-state index in [1.165, 1.54) is 0 Å². The monoisotopic (exact) mass is 188 g/mol. The van der Waals surface area contributed by atoms with E-state index in [0.717, 1.165) is 6.61 Å². The third-order valence-corrected chi connectivity index (χ3v) is 1.48. The van der Waals surface area contributed by atoms with Gasteiger partial charge in [-0.05, 0) is 12.8 Å². The second kappa shape index (κ2) is 6.86. The van der Waals surface area contributed by atoms with Gasteiger partial charge in [0.15, 0.2) is 0 Å². The van der Waals surface area contributed by atoms with Crippen molar-refractivity contribution in [3.05, 3.63) is 0 Å². The normalized spacial score (nSPS) is 13.2. The van der Waals surface area contributed by atoms with E-state index >= 15 is 0 Å². The molecular weight excluding hydrogens is 168 g/mol. The quantitative estimate of drug-likeness (QED) is 0.356. The molecule has 0 aromatic carbocycles. The molecule has 0 bridgehead atoms. The summed E-state index contributed by atoms with van der Waals surface area (Å²) < 4.78 is 10.5. The van der Waals surface area contributed by atoms with E-state index in [4.69, 9.17) is 20.6 Å². The molecule has 0 aliphatic heterocycles. The summed E-state index contributed by atoms with van der Waals surface area (Å²) in [5.74, 6) is 0.606. The van der Waals surface area contributed by atoms with Crippen molar-refractivity contribution in [3.8, 4) is 0 Å². The van der Waals surface area contributed by atoms with Crippen molar-refractivity contribution >= 4 is 5.84 Å². The van der Waals surface area contributed by atoms with Crippen LogP contribution in [0.15, 0.2) is 0 Å². The maximum atomic E-state index is 7.06. The number of ether oxygens (including phenoxy) is 2. The summed E-state index contributed by atoms with van der Waals surface area (Å²) in [5, 5.41) is 7.06. The highest BCUT2D eigenvalue weighted by Crippen LogP contribution is 1.93. The highest BCUT2D eigenvalue weighted by Gasteiger charge is 2.03. The first-order valence-electron chi connectivity index (χ1n) is 4.57. The lowest BCUT2D eigenvalue weighted by Gasteiger charge is -2.11. The van der Waals surface area contributed by atoms with Gasteiger partial charge in [-0.3, -0.25) is 5.41 Å². The molecule has 0 heterocycles. The van der Waals surface area contributed by atoms with Crippen LogP contribution in [0.1, 0.15) is 20.8 Å². The molecule has 0 saturated heterocycles. The van der Waals surface area contributed by atoms with Crippen molar-refractivity contribution in [2.45, 2.75) is 26.9 Å². The van der Waals surface area contributed by atoms with Crippen LogP contribution in [0.2, 0.25) is 0 Å². The fraction of sp³-hybridized carbons (Fsp3) is 0.889. The van der Waals surface area contributed by atoms with E-state index in [-0.39, 0.29) is 11.9 Å². The average Bonchev–Trinajstić information content (AvgIpc) is 2.02. The Kier molecular flexibility index (Phi) is 6.54.